The van der Waals surface area contributed by atoms with Crippen LogP contribution in [0.25, 0.3) is 0 Å². The van der Waals surface area contributed by atoms with Gasteiger partial charge in [-0.15, -0.1) is 0 Å². The molecule has 0 bridgehead atoms. The van der Waals surface area contributed by atoms with Gasteiger partial charge in [0.25, 0.3) is 5.91 Å². The van der Waals surface area contributed by atoms with E-state index in [4.69, 9.17) is 4.74 Å². The molecule has 2 rings (SSSR count). The lowest BCUT2D eigenvalue weighted by atomic mass is 10.2. The smallest absolute Gasteiger partial charge is 0.251 e. The van der Waals surface area contributed by atoms with Gasteiger partial charge in [-0.05, 0) is 29.8 Å². The largest absolute Gasteiger partial charge is 0.497 e. The quantitative estimate of drug-likeness (QED) is 0.778. The van der Waals surface area contributed by atoms with E-state index in [0.29, 0.717) is 11.3 Å². The van der Waals surface area contributed by atoms with E-state index in [2.05, 4.69) is 5.32 Å². The van der Waals surface area contributed by atoms with Crippen LogP contribution in [0.2, 0.25) is 0 Å². The molecule has 0 saturated heterocycles. The van der Waals surface area contributed by atoms with E-state index < -0.39 is 10.0 Å². The standard InChI is InChI=1S/C18H22N2O4S/c1-24-17-10-8-15(9-11-17)14-20(25(2,22)23)13-12-19-18(21)16-6-4-3-5-7-16/h3-11H,12-14H2,1-2H3,(H,19,21). The zero-order valence-electron chi connectivity index (χ0n) is 14.3. The first-order valence-corrected chi connectivity index (χ1v) is 9.66. The number of benzene rings is 2. The van der Waals surface area contributed by atoms with Crippen LogP contribution in [0.15, 0.2) is 54.6 Å². The summed E-state index contributed by atoms with van der Waals surface area (Å²) < 4.78 is 30.4. The Hall–Kier alpha value is -2.38. The van der Waals surface area contributed by atoms with E-state index in [1.165, 1.54) is 4.31 Å². The first kappa shape index (κ1) is 19.0. The first-order chi connectivity index (χ1) is 11.9. The summed E-state index contributed by atoms with van der Waals surface area (Å²) in [4.78, 5) is 12.0. The summed E-state index contributed by atoms with van der Waals surface area (Å²) in [6.45, 7) is 0.671. The number of nitrogens with one attached hydrogen (secondary N) is 1. The number of hydrogen-bond donors (Lipinski definition) is 1. The summed E-state index contributed by atoms with van der Waals surface area (Å²) in [5.41, 5.74) is 1.39. The SMILES string of the molecule is COc1ccc(CN(CCNC(=O)c2ccccc2)S(C)(=O)=O)cc1. The molecule has 25 heavy (non-hydrogen) atoms. The highest BCUT2D eigenvalue weighted by Gasteiger charge is 2.17. The highest BCUT2D eigenvalue weighted by molar-refractivity contribution is 7.88. The van der Waals surface area contributed by atoms with Crippen molar-refractivity contribution >= 4 is 15.9 Å². The molecule has 2 aromatic rings. The predicted molar refractivity (Wildman–Crippen MR) is 97.0 cm³/mol. The number of rotatable bonds is 8. The Bertz CT molecular complexity index is 790. The van der Waals surface area contributed by atoms with Gasteiger partial charge in [-0.2, -0.15) is 4.31 Å². The summed E-state index contributed by atoms with van der Waals surface area (Å²) in [6, 6.07) is 16.0. The van der Waals surface area contributed by atoms with Crippen molar-refractivity contribution in [2.24, 2.45) is 0 Å². The van der Waals surface area contributed by atoms with E-state index >= 15 is 0 Å². The average molecular weight is 362 g/mol. The number of nitrogens with zero attached hydrogens (tertiary/aromatic N) is 1. The highest BCUT2D eigenvalue weighted by atomic mass is 32.2. The van der Waals surface area contributed by atoms with E-state index in [-0.39, 0.29) is 25.5 Å². The van der Waals surface area contributed by atoms with Gasteiger partial charge in [-0.1, -0.05) is 30.3 Å². The Morgan fingerprint density at radius 1 is 1.08 bits per heavy atom. The second kappa shape index (κ2) is 8.64. The van der Waals surface area contributed by atoms with Crippen molar-refractivity contribution in [3.05, 3.63) is 65.7 Å². The van der Waals surface area contributed by atoms with Gasteiger partial charge in [0.2, 0.25) is 10.0 Å². The van der Waals surface area contributed by atoms with Crippen molar-refractivity contribution < 1.29 is 17.9 Å². The van der Waals surface area contributed by atoms with Gasteiger partial charge in [-0.25, -0.2) is 8.42 Å². The summed E-state index contributed by atoms with van der Waals surface area (Å²) in [5.74, 6) is 0.489. The van der Waals surface area contributed by atoms with Gasteiger partial charge in [0.05, 0.1) is 13.4 Å². The highest BCUT2D eigenvalue weighted by Crippen LogP contribution is 2.14. The van der Waals surface area contributed by atoms with Crippen LogP contribution < -0.4 is 10.1 Å². The molecule has 1 N–H and O–H groups in total. The molecule has 0 spiro atoms. The van der Waals surface area contributed by atoms with E-state index in [9.17, 15) is 13.2 Å². The van der Waals surface area contributed by atoms with Gasteiger partial charge in [0.15, 0.2) is 0 Å². The van der Waals surface area contributed by atoms with Crippen LogP contribution >= 0.6 is 0 Å². The third-order valence-corrected chi connectivity index (χ3v) is 4.92. The molecule has 6 nitrogen and oxygen atoms in total. The molecular weight excluding hydrogens is 340 g/mol. The molecule has 0 fully saturated rings. The molecule has 134 valence electrons. The summed E-state index contributed by atoms with van der Waals surface area (Å²) >= 11 is 0. The molecule has 0 aromatic heterocycles. The van der Waals surface area contributed by atoms with Gasteiger partial charge in [-0.3, -0.25) is 4.79 Å². The second-order valence-corrected chi connectivity index (χ2v) is 7.55. The maximum atomic E-state index is 12.0. The van der Waals surface area contributed by atoms with Gasteiger partial charge >= 0.3 is 0 Å². The molecule has 0 aliphatic heterocycles. The maximum absolute atomic E-state index is 12.0. The van der Waals surface area contributed by atoms with Crippen LogP contribution in [-0.2, 0) is 16.6 Å². The van der Waals surface area contributed by atoms with Crippen molar-refractivity contribution in [3.8, 4) is 5.75 Å². The number of sulfonamides is 1. The van der Waals surface area contributed by atoms with Crippen LogP contribution in [0.3, 0.4) is 0 Å². The fourth-order valence-electron chi connectivity index (χ4n) is 2.28. The number of methoxy groups -OCH3 is 1. The normalized spacial score (nSPS) is 11.3. The molecular formula is C18H22N2O4S. The Kier molecular flexibility index (Phi) is 6.55. The molecule has 7 heteroatoms. The number of carbonyl (C=O) groups excluding carboxylic acids is 1. The molecule has 0 heterocycles. The molecule has 0 aliphatic carbocycles. The molecule has 0 radical (unpaired) electrons. The van der Waals surface area contributed by atoms with Crippen LogP contribution in [-0.4, -0.2) is 45.1 Å². The minimum absolute atomic E-state index is 0.198. The minimum atomic E-state index is -3.39. The number of ether oxygens (including phenoxy) is 1. The lowest BCUT2D eigenvalue weighted by molar-refractivity contribution is 0.0951. The van der Waals surface area contributed by atoms with Crippen LogP contribution in [0.4, 0.5) is 0 Å². The zero-order chi connectivity index (χ0) is 18.3. The maximum Gasteiger partial charge on any atom is 0.251 e. The number of amides is 1. The molecule has 1 amide bonds. The predicted octanol–water partition coefficient (Wildman–Crippen LogP) is 1.89. The second-order valence-electron chi connectivity index (χ2n) is 5.57. The van der Waals surface area contributed by atoms with Gasteiger partial charge < -0.3 is 10.1 Å². The van der Waals surface area contributed by atoms with Crippen molar-refractivity contribution in [2.45, 2.75) is 6.54 Å². The van der Waals surface area contributed by atoms with Crippen molar-refractivity contribution in [1.29, 1.82) is 0 Å². The number of carbonyl (C=O) groups is 1. The minimum Gasteiger partial charge on any atom is -0.497 e. The fraction of sp³-hybridized carbons (Fsp3) is 0.278. The van der Waals surface area contributed by atoms with Crippen molar-refractivity contribution in [3.63, 3.8) is 0 Å². The van der Waals surface area contributed by atoms with Crippen LogP contribution in [0.1, 0.15) is 15.9 Å². The molecule has 0 saturated carbocycles. The third kappa shape index (κ3) is 5.88. The molecule has 0 unspecified atom stereocenters. The molecule has 0 atom stereocenters. The Morgan fingerprint density at radius 3 is 2.28 bits per heavy atom. The Morgan fingerprint density at radius 2 is 1.72 bits per heavy atom. The van der Waals surface area contributed by atoms with Crippen LogP contribution in [0.5, 0.6) is 5.75 Å². The fourth-order valence-corrected chi connectivity index (χ4v) is 3.09. The topological polar surface area (TPSA) is 75.7 Å². The van der Waals surface area contributed by atoms with Crippen molar-refractivity contribution in [1.82, 2.24) is 9.62 Å². The van der Waals surface area contributed by atoms with Gasteiger partial charge in [0, 0.05) is 25.2 Å². The van der Waals surface area contributed by atoms with Gasteiger partial charge in [0.1, 0.15) is 5.75 Å². The molecule has 2 aromatic carbocycles. The molecule has 0 aliphatic rings. The lowest BCUT2D eigenvalue weighted by Gasteiger charge is -2.20. The summed E-state index contributed by atoms with van der Waals surface area (Å²) in [5, 5.41) is 2.74. The van der Waals surface area contributed by atoms with E-state index in [1.54, 1.807) is 43.5 Å². The number of hydrogen-bond acceptors (Lipinski definition) is 4. The summed E-state index contributed by atoms with van der Waals surface area (Å²) in [7, 11) is -1.81. The van der Waals surface area contributed by atoms with E-state index in [0.717, 1.165) is 11.8 Å². The van der Waals surface area contributed by atoms with Crippen LogP contribution in [0, 0.1) is 0 Å². The Balaban J connectivity index is 1.95. The lowest BCUT2D eigenvalue weighted by Crippen LogP contribution is -2.37. The first-order valence-electron chi connectivity index (χ1n) is 7.81. The average Bonchev–Trinajstić information content (AvgIpc) is 2.61. The summed E-state index contributed by atoms with van der Waals surface area (Å²) in [6.07, 6.45) is 1.16. The Labute approximate surface area is 148 Å². The van der Waals surface area contributed by atoms with Crippen molar-refractivity contribution in [2.75, 3.05) is 26.5 Å². The van der Waals surface area contributed by atoms with E-state index in [1.807, 2.05) is 18.2 Å². The third-order valence-electron chi connectivity index (χ3n) is 3.67. The monoisotopic (exact) mass is 362 g/mol. The zero-order valence-corrected chi connectivity index (χ0v) is 15.1.